The van der Waals surface area contributed by atoms with Crippen molar-refractivity contribution in [2.75, 3.05) is 0 Å². The van der Waals surface area contributed by atoms with Crippen molar-refractivity contribution < 1.29 is 9.53 Å². The molecular weight excluding hydrogens is 274 g/mol. The summed E-state index contributed by atoms with van der Waals surface area (Å²) in [5.74, 6) is -0.215. The third kappa shape index (κ3) is 2.98. The molecule has 0 bridgehead atoms. The third-order valence-corrected chi connectivity index (χ3v) is 3.15. The Morgan fingerprint density at radius 2 is 1.95 bits per heavy atom. The highest BCUT2D eigenvalue weighted by Crippen LogP contribution is 2.27. The van der Waals surface area contributed by atoms with Gasteiger partial charge in [0.15, 0.2) is 5.69 Å². The van der Waals surface area contributed by atoms with Crippen molar-refractivity contribution in [3.8, 4) is 5.75 Å². The number of nitrogens with zero attached hydrogens (tertiary/aromatic N) is 1. The number of hydrogen-bond donors (Lipinski definition) is 0. The molecule has 0 amide bonds. The smallest absolute Gasteiger partial charge is 0.342 e. The summed E-state index contributed by atoms with van der Waals surface area (Å²) in [6.45, 7) is 10.8. The predicted molar refractivity (Wildman–Crippen MR) is 78.6 cm³/mol. The number of benzene rings is 2. The Hall–Kier alpha value is -2.31. The highest BCUT2D eigenvalue weighted by atomic mass is 35.5. The van der Waals surface area contributed by atoms with E-state index in [1.165, 1.54) is 6.07 Å². The lowest BCUT2D eigenvalue weighted by Crippen LogP contribution is -2.08. The van der Waals surface area contributed by atoms with Crippen LogP contribution >= 0.6 is 11.6 Å². The van der Waals surface area contributed by atoms with Gasteiger partial charge < -0.3 is 4.74 Å². The van der Waals surface area contributed by atoms with Gasteiger partial charge in [0.1, 0.15) is 5.75 Å². The van der Waals surface area contributed by atoms with Gasteiger partial charge in [-0.2, -0.15) is 0 Å². The fourth-order valence-corrected chi connectivity index (χ4v) is 1.98. The molecule has 0 unspecified atom stereocenters. The van der Waals surface area contributed by atoms with E-state index < -0.39 is 5.97 Å². The van der Waals surface area contributed by atoms with Crippen LogP contribution < -0.4 is 4.74 Å². The van der Waals surface area contributed by atoms with E-state index in [0.717, 1.165) is 11.1 Å². The fraction of sp³-hybridized carbons (Fsp3) is 0.125. The predicted octanol–water partition coefficient (Wildman–Crippen LogP) is 4.73. The molecule has 2 aromatic rings. The van der Waals surface area contributed by atoms with Crippen molar-refractivity contribution in [2.24, 2.45) is 0 Å². The van der Waals surface area contributed by atoms with Crippen LogP contribution in [-0.2, 0) is 0 Å². The second-order valence-electron chi connectivity index (χ2n) is 4.44. The Morgan fingerprint density at radius 3 is 2.60 bits per heavy atom. The van der Waals surface area contributed by atoms with E-state index >= 15 is 0 Å². The molecule has 4 heteroatoms. The quantitative estimate of drug-likeness (QED) is 0.454. The van der Waals surface area contributed by atoms with E-state index in [4.69, 9.17) is 22.9 Å². The van der Waals surface area contributed by atoms with Crippen molar-refractivity contribution in [3.05, 3.63) is 69.5 Å². The van der Waals surface area contributed by atoms with Gasteiger partial charge in [-0.05, 0) is 49.2 Å². The normalized spacial score (nSPS) is 9.90. The molecule has 2 rings (SSSR count). The first kappa shape index (κ1) is 14.1. The van der Waals surface area contributed by atoms with E-state index in [1.54, 1.807) is 24.3 Å². The monoisotopic (exact) mass is 285 g/mol. The van der Waals surface area contributed by atoms with E-state index in [2.05, 4.69) is 4.85 Å². The minimum Gasteiger partial charge on any atom is -0.421 e. The number of halogens is 1. The van der Waals surface area contributed by atoms with Crippen molar-refractivity contribution >= 4 is 23.3 Å². The Bertz CT molecular complexity index is 717. The summed E-state index contributed by atoms with van der Waals surface area (Å²) in [5, 5.41) is 0.385. The lowest BCUT2D eigenvalue weighted by Gasteiger charge is -2.07. The van der Waals surface area contributed by atoms with Gasteiger partial charge in [0.05, 0.1) is 11.6 Å². The van der Waals surface area contributed by atoms with Crippen LogP contribution in [0.3, 0.4) is 0 Å². The van der Waals surface area contributed by atoms with Gasteiger partial charge in [-0.3, -0.25) is 0 Å². The summed E-state index contributed by atoms with van der Waals surface area (Å²) in [6.07, 6.45) is 0. The molecule has 0 aliphatic rings. The minimum absolute atomic E-state index is 0.312. The van der Waals surface area contributed by atoms with Crippen LogP contribution in [-0.4, -0.2) is 5.97 Å². The highest BCUT2D eigenvalue weighted by molar-refractivity contribution is 6.32. The van der Waals surface area contributed by atoms with Gasteiger partial charge in [0, 0.05) is 5.56 Å². The molecule has 0 fully saturated rings. The molecule has 3 nitrogen and oxygen atoms in total. The zero-order chi connectivity index (χ0) is 14.7. The largest absolute Gasteiger partial charge is 0.421 e. The van der Waals surface area contributed by atoms with Gasteiger partial charge in [-0.1, -0.05) is 23.7 Å². The summed E-state index contributed by atoms with van der Waals surface area (Å²) in [4.78, 5) is 15.4. The molecule has 0 aliphatic heterocycles. The molecule has 0 saturated heterocycles. The average Bonchev–Trinajstić information content (AvgIpc) is 2.42. The average molecular weight is 286 g/mol. The third-order valence-electron chi connectivity index (χ3n) is 2.86. The fourth-order valence-electron chi connectivity index (χ4n) is 1.70. The minimum atomic E-state index is -0.527. The SMILES string of the molecule is [C-]#[N+]c1cc(C(=O)Oc2ccc(C)cc2Cl)ccc1C. The highest BCUT2D eigenvalue weighted by Gasteiger charge is 2.12. The number of carbonyl (C=O) groups excluding carboxylic acids is 1. The van der Waals surface area contributed by atoms with Gasteiger partial charge in [0.25, 0.3) is 0 Å². The molecule has 0 N–H and O–H groups in total. The molecule has 0 aromatic heterocycles. The van der Waals surface area contributed by atoms with Crippen LogP contribution in [0, 0.1) is 20.4 Å². The maximum Gasteiger partial charge on any atom is 0.342 e. The van der Waals surface area contributed by atoms with E-state index in [1.807, 2.05) is 19.9 Å². The van der Waals surface area contributed by atoms with Crippen LogP contribution in [0.1, 0.15) is 21.5 Å². The molecule has 2 aromatic carbocycles. The van der Waals surface area contributed by atoms with Gasteiger partial charge in [-0.25, -0.2) is 9.64 Å². The zero-order valence-electron chi connectivity index (χ0n) is 11.1. The first-order chi connectivity index (χ1) is 9.51. The van der Waals surface area contributed by atoms with Crippen LogP contribution in [0.25, 0.3) is 4.85 Å². The van der Waals surface area contributed by atoms with E-state index in [0.29, 0.717) is 22.0 Å². The zero-order valence-corrected chi connectivity index (χ0v) is 11.9. The van der Waals surface area contributed by atoms with Crippen LogP contribution in [0.4, 0.5) is 5.69 Å². The molecule has 0 heterocycles. The van der Waals surface area contributed by atoms with Crippen LogP contribution in [0.2, 0.25) is 5.02 Å². The first-order valence-corrected chi connectivity index (χ1v) is 6.35. The molecule has 100 valence electrons. The number of esters is 1. The molecule has 0 spiro atoms. The number of aryl methyl sites for hydroxylation is 2. The Labute approximate surface area is 122 Å². The summed E-state index contributed by atoms with van der Waals surface area (Å²) in [6, 6.07) is 10.1. The van der Waals surface area contributed by atoms with Crippen molar-refractivity contribution in [2.45, 2.75) is 13.8 Å². The molecular formula is C16H12ClNO2. The Morgan fingerprint density at radius 1 is 1.20 bits per heavy atom. The second kappa shape index (κ2) is 5.77. The van der Waals surface area contributed by atoms with Crippen LogP contribution in [0.5, 0.6) is 5.75 Å². The lowest BCUT2D eigenvalue weighted by molar-refractivity contribution is 0.0735. The molecule has 0 aliphatic carbocycles. The molecule has 0 saturated carbocycles. The number of ether oxygens (including phenoxy) is 1. The van der Waals surface area contributed by atoms with Crippen LogP contribution in [0.15, 0.2) is 36.4 Å². The van der Waals surface area contributed by atoms with Crippen molar-refractivity contribution in [3.63, 3.8) is 0 Å². The topological polar surface area (TPSA) is 30.7 Å². The summed E-state index contributed by atoms with van der Waals surface area (Å²) in [7, 11) is 0. The maximum atomic E-state index is 12.0. The molecule has 20 heavy (non-hydrogen) atoms. The Kier molecular flexibility index (Phi) is 4.07. The summed E-state index contributed by atoms with van der Waals surface area (Å²) < 4.78 is 5.25. The molecule has 0 atom stereocenters. The van der Waals surface area contributed by atoms with Crippen molar-refractivity contribution in [1.82, 2.24) is 0 Å². The number of carbonyl (C=O) groups is 1. The number of rotatable bonds is 2. The Balaban J connectivity index is 2.26. The summed E-state index contributed by atoms with van der Waals surface area (Å²) in [5.41, 5.74) is 2.58. The van der Waals surface area contributed by atoms with Gasteiger partial charge in [0.2, 0.25) is 0 Å². The maximum absolute atomic E-state index is 12.0. The lowest BCUT2D eigenvalue weighted by atomic mass is 10.1. The first-order valence-electron chi connectivity index (χ1n) is 5.97. The standard InChI is InChI=1S/C16H12ClNO2/c1-10-4-7-15(13(17)8-10)20-16(19)12-6-5-11(2)14(9-12)18-3/h4-9H,1-2H3. The summed E-state index contributed by atoms with van der Waals surface area (Å²) >= 11 is 6.02. The van der Waals surface area contributed by atoms with E-state index in [-0.39, 0.29) is 0 Å². The second-order valence-corrected chi connectivity index (χ2v) is 4.84. The van der Waals surface area contributed by atoms with E-state index in [9.17, 15) is 4.79 Å². The number of hydrogen-bond acceptors (Lipinski definition) is 2. The van der Waals surface area contributed by atoms with Crippen molar-refractivity contribution in [1.29, 1.82) is 0 Å². The van der Waals surface area contributed by atoms with Gasteiger partial charge >= 0.3 is 5.97 Å². The van der Waals surface area contributed by atoms with Gasteiger partial charge in [-0.15, -0.1) is 0 Å². The molecule has 0 radical (unpaired) electrons.